The van der Waals surface area contributed by atoms with Crippen molar-refractivity contribution in [1.29, 1.82) is 0 Å². The third-order valence-corrected chi connectivity index (χ3v) is 9.17. The van der Waals surface area contributed by atoms with Gasteiger partial charge in [0.15, 0.2) is 16.3 Å². The van der Waals surface area contributed by atoms with Crippen LogP contribution in [-0.4, -0.2) is 30.4 Å². The second kappa shape index (κ2) is 14.2. The molecule has 0 fully saturated rings. The molecule has 1 aliphatic rings. The fourth-order valence-electron chi connectivity index (χ4n) is 4.96. The smallest absolute Gasteiger partial charge is 0.338 e. The Labute approximate surface area is 283 Å². The molecule has 0 saturated heterocycles. The Hall–Kier alpha value is -3.61. The van der Waals surface area contributed by atoms with Crippen LogP contribution in [0.25, 0.3) is 6.08 Å². The maximum Gasteiger partial charge on any atom is 0.338 e. The van der Waals surface area contributed by atoms with E-state index in [4.69, 9.17) is 30.5 Å². The fraction of sp³-hybridized carbons (Fsp3) is 0.265. The number of hydrogen-bond donors (Lipinski definition) is 0. The zero-order valence-electron chi connectivity index (χ0n) is 25.4. The van der Waals surface area contributed by atoms with Gasteiger partial charge in [0, 0.05) is 10.6 Å². The molecule has 8 nitrogen and oxygen atoms in total. The van der Waals surface area contributed by atoms with E-state index in [0.29, 0.717) is 55.0 Å². The second-order valence-corrected chi connectivity index (χ2v) is 13.0. The summed E-state index contributed by atoms with van der Waals surface area (Å²) in [6.45, 7) is 7.89. The van der Waals surface area contributed by atoms with Gasteiger partial charge in [-0.15, -0.1) is 0 Å². The van der Waals surface area contributed by atoms with E-state index in [1.54, 1.807) is 37.7 Å². The summed E-state index contributed by atoms with van der Waals surface area (Å²) < 4.78 is 25.9. The number of carbonyl (C=O) groups is 1. The molecule has 0 bridgehead atoms. The first-order valence-electron chi connectivity index (χ1n) is 14.3. The van der Waals surface area contributed by atoms with Crippen LogP contribution in [0.4, 0.5) is 0 Å². The zero-order chi connectivity index (χ0) is 32.2. The molecule has 0 spiro atoms. The van der Waals surface area contributed by atoms with E-state index < -0.39 is 12.0 Å². The molecule has 1 atom stereocenters. The molecule has 2 heterocycles. The van der Waals surface area contributed by atoms with Crippen LogP contribution < -0.4 is 29.1 Å². The molecule has 0 aliphatic carbocycles. The van der Waals surface area contributed by atoms with Crippen LogP contribution in [0.1, 0.15) is 50.4 Å². The van der Waals surface area contributed by atoms with Crippen LogP contribution in [-0.2, 0) is 16.1 Å². The number of methoxy groups -OCH3 is 1. The third kappa shape index (κ3) is 7.13. The summed E-state index contributed by atoms with van der Waals surface area (Å²) in [4.78, 5) is 32.5. The molecule has 5 rings (SSSR count). The summed E-state index contributed by atoms with van der Waals surface area (Å²) in [6, 6.07) is 17.9. The summed E-state index contributed by atoms with van der Waals surface area (Å²) >= 11 is 9.76. The van der Waals surface area contributed by atoms with E-state index in [2.05, 4.69) is 27.6 Å². The molecule has 1 aromatic heterocycles. The molecule has 0 amide bonds. The maximum atomic E-state index is 14.1. The number of ether oxygens (including phenoxy) is 4. The highest BCUT2D eigenvalue weighted by molar-refractivity contribution is 14.1. The number of hydrogen-bond acceptors (Lipinski definition) is 8. The summed E-state index contributed by atoms with van der Waals surface area (Å²) in [5.41, 5.74) is 2.90. The molecule has 0 radical (unpaired) electrons. The molecular formula is C34H32ClIN2O6S. The maximum absolute atomic E-state index is 14.1. The minimum absolute atomic E-state index is 0.0642. The van der Waals surface area contributed by atoms with Gasteiger partial charge in [0.25, 0.3) is 5.56 Å². The first-order chi connectivity index (χ1) is 21.6. The van der Waals surface area contributed by atoms with Crippen LogP contribution in [0.3, 0.4) is 0 Å². The van der Waals surface area contributed by atoms with Crippen molar-refractivity contribution >= 4 is 57.6 Å². The number of nitrogens with zero attached hydrogens (tertiary/aromatic N) is 2. The largest absolute Gasteiger partial charge is 0.493 e. The summed E-state index contributed by atoms with van der Waals surface area (Å²) in [6.07, 6.45) is 1.76. The number of benzene rings is 3. The van der Waals surface area contributed by atoms with Gasteiger partial charge in [-0.25, -0.2) is 9.79 Å². The van der Waals surface area contributed by atoms with E-state index in [1.165, 1.54) is 11.3 Å². The van der Waals surface area contributed by atoms with E-state index in [-0.39, 0.29) is 18.3 Å². The van der Waals surface area contributed by atoms with Crippen LogP contribution in [0, 0.1) is 3.57 Å². The van der Waals surface area contributed by atoms with Gasteiger partial charge in [0.1, 0.15) is 12.4 Å². The number of allylic oxidation sites excluding steroid dienone is 1. The van der Waals surface area contributed by atoms with E-state index in [1.807, 2.05) is 68.5 Å². The van der Waals surface area contributed by atoms with Gasteiger partial charge in [-0.05, 0) is 97.8 Å². The molecule has 4 aromatic rings. The van der Waals surface area contributed by atoms with Crippen molar-refractivity contribution in [3.05, 3.63) is 117 Å². The van der Waals surface area contributed by atoms with E-state index in [9.17, 15) is 9.59 Å². The first-order valence-corrected chi connectivity index (χ1v) is 16.6. The lowest BCUT2D eigenvalue weighted by atomic mass is 9.95. The van der Waals surface area contributed by atoms with Gasteiger partial charge >= 0.3 is 5.97 Å². The Morgan fingerprint density at radius 1 is 1.11 bits per heavy atom. The average Bonchev–Trinajstić information content (AvgIpc) is 3.30. The Morgan fingerprint density at radius 2 is 1.87 bits per heavy atom. The number of rotatable bonds is 10. The number of esters is 1. The molecule has 234 valence electrons. The van der Waals surface area contributed by atoms with Crippen molar-refractivity contribution in [3.63, 3.8) is 0 Å². The second-order valence-electron chi connectivity index (χ2n) is 10.4. The van der Waals surface area contributed by atoms with E-state index >= 15 is 0 Å². The molecule has 1 aliphatic heterocycles. The Bertz CT molecular complexity index is 1970. The molecule has 11 heteroatoms. The molecule has 0 N–H and O–H groups in total. The Morgan fingerprint density at radius 3 is 2.56 bits per heavy atom. The lowest BCUT2D eigenvalue weighted by Crippen LogP contribution is -2.40. The number of fused-ring (bicyclic) bond motifs is 1. The van der Waals surface area contributed by atoms with Gasteiger partial charge in [-0.3, -0.25) is 9.36 Å². The number of halogens is 2. The fourth-order valence-corrected chi connectivity index (χ4v) is 6.89. The van der Waals surface area contributed by atoms with Crippen molar-refractivity contribution in [1.82, 2.24) is 4.57 Å². The zero-order valence-corrected chi connectivity index (χ0v) is 29.2. The predicted octanol–water partition coefficient (Wildman–Crippen LogP) is 6.43. The van der Waals surface area contributed by atoms with Crippen LogP contribution in [0.5, 0.6) is 17.2 Å². The highest BCUT2D eigenvalue weighted by Gasteiger charge is 2.34. The standard InChI is InChI=1S/C34H32ClIN2O6S/c1-6-42-33(40)30-20(4)37-34-38(31(30)22-12-14-27(44-19(2)3)28(17-22)41-5)32(39)29(45-34)16-21-11-13-26(25(36)15-21)43-18-23-9-7-8-10-24(23)35/h7-17,19,31H,6,18H2,1-5H3/b29-16-/t31-/m0/s1. The van der Waals surface area contributed by atoms with Crippen LogP contribution >= 0.6 is 45.5 Å². The molecule has 0 unspecified atom stereocenters. The number of aromatic nitrogens is 1. The minimum atomic E-state index is -0.773. The summed E-state index contributed by atoms with van der Waals surface area (Å²) in [5, 5.41) is 0.650. The predicted molar refractivity (Wildman–Crippen MR) is 184 cm³/mol. The van der Waals surface area contributed by atoms with Crippen molar-refractivity contribution in [2.24, 2.45) is 4.99 Å². The summed E-state index contributed by atoms with van der Waals surface area (Å²) in [7, 11) is 1.56. The highest BCUT2D eigenvalue weighted by Crippen LogP contribution is 2.36. The highest BCUT2D eigenvalue weighted by atomic mass is 127. The molecular weight excluding hydrogens is 727 g/mol. The number of carbonyl (C=O) groups excluding carboxylic acids is 1. The van der Waals surface area contributed by atoms with Gasteiger partial charge in [0.2, 0.25) is 0 Å². The lowest BCUT2D eigenvalue weighted by molar-refractivity contribution is -0.139. The van der Waals surface area contributed by atoms with Gasteiger partial charge in [0.05, 0.1) is 45.2 Å². The molecule has 3 aromatic carbocycles. The Kier molecular flexibility index (Phi) is 10.4. The molecule has 45 heavy (non-hydrogen) atoms. The van der Waals surface area contributed by atoms with E-state index in [0.717, 1.165) is 14.7 Å². The quantitative estimate of drug-likeness (QED) is 0.137. The van der Waals surface area contributed by atoms with Gasteiger partial charge in [-0.2, -0.15) is 0 Å². The van der Waals surface area contributed by atoms with Crippen LogP contribution in [0.15, 0.2) is 81.7 Å². The van der Waals surface area contributed by atoms with Crippen molar-refractivity contribution in [2.45, 2.75) is 46.4 Å². The third-order valence-electron chi connectivity index (χ3n) is 6.98. The van der Waals surface area contributed by atoms with Crippen molar-refractivity contribution in [3.8, 4) is 17.2 Å². The SMILES string of the molecule is CCOC(=O)C1=C(C)N=c2s/c(=C\c3ccc(OCc4ccccc4Cl)c(I)c3)c(=O)n2[C@H]1c1ccc(OC(C)C)c(OC)c1. The van der Waals surface area contributed by atoms with Gasteiger partial charge in [-0.1, -0.05) is 53.3 Å². The normalized spacial score (nSPS) is 14.7. The van der Waals surface area contributed by atoms with Crippen molar-refractivity contribution in [2.75, 3.05) is 13.7 Å². The van der Waals surface area contributed by atoms with Crippen molar-refractivity contribution < 1.29 is 23.7 Å². The van der Waals surface area contributed by atoms with Crippen LogP contribution in [0.2, 0.25) is 5.02 Å². The number of thiazole rings is 1. The Balaban J connectivity index is 1.55. The molecule has 0 saturated carbocycles. The first kappa shape index (κ1) is 32.8. The summed E-state index contributed by atoms with van der Waals surface area (Å²) in [5.74, 6) is 1.24. The van der Waals surface area contributed by atoms with Gasteiger partial charge < -0.3 is 18.9 Å². The average molecular weight is 759 g/mol. The lowest BCUT2D eigenvalue weighted by Gasteiger charge is -2.25. The topological polar surface area (TPSA) is 88.4 Å². The minimum Gasteiger partial charge on any atom is -0.493 e. The monoisotopic (exact) mass is 758 g/mol.